The van der Waals surface area contributed by atoms with Gasteiger partial charge in [0, 0.05) is 0 Å². The maximum Gasteiger partial charge on any atom is 0.307 e. The first-order valence-corrected chi connectivity index (χ1v) is 6.80. The number of carboxylic acid groups (broad SMARTS) is 1. The summed E-state index contributed by atoms with van der Waals surface area (Å²) >= 11 is 0. The summed E-state index contributed by atoms with van der Waals surface area (Å²) in [6.45, 7) is 2.27. The second-order valence-electron chi connectivity index (χ2n) is 5.40. The smallest absolute Gasteiger partial charge is 0.307 e. The molecule has 102 valence electrons. The maximum atomic E-state index is 11.4. The molecule has 2 atom stereocenters. The fourth-order valence-corrected chi connectivity index (χ4v) is 3.26. The number of aryl methyl sites for hydroxylation is 1. The van der Waals surface area contributed by atoms with Crippen LogP contribution in [0.3, 0.4) is 0 Å². The van der Waals surface area contributed by atoms with E-state index in [9.17, 15) is 9.90 Å². The Bertz CT molecular complexity index is 509. The molecular formula is C15H18O4. The lowest BCUT2D eigenvalue weighted by Crippen LogP contribution is -2.25. The van der Waals surface area contributed by atoms with Crippen LogP contribution in [0.2, 0.25) is 0 Å². The van der Waals surface area contributed by atoms with Gasteiger partial charge in [0.2, 0.25) is 6.79 Å². The predicted octanol–water partition coefficient (Wildman–Crippen LogP) is 3.08. The molecule has 3 rings (SSSR count). The number of carboxylic acids is 1. The molecule has 0 bridgehead atoms. The van der Waals surface area contributed by atoms with Gasteiger partial charge >= 0.3 is 5.97 Å². The van der Waals surface area contributed by atoms with Gasteiger partial charge in [-0.1, -0.05) is 12.8 Å². The van der Waals surface area contributed by atoms with Crippen LogP contribution in [0.1, 0.15) is 42.7 Å². The zero-order chi connectivity index (χ0) is 13.4. The minimum absolute atomic E-state index is 0.0979. The van der Waals surface area contributed by atoms with Crippen LogP contribution in [0.4, 0.5) is 0 Å². The number of hydrogen-bond donors (Lipinski definition) is 1. The summed E-state index contributed by atoms with van der Waals surface area (Å²) in [6.07, 6.45) is 3.82. The Morgan fingerprint density at radius 2 is 1.89 bits per heavy atom. The summed E-state index contributed by atoms with van der Waals surface area (Å²) in [6, 6.07) is 3.94. The molecule has 2 aliphatic rings. The lowest BCUT2D eigenvalue weighted by Gasteiger charge is -2.30. The van der Waals surface area contributed by atoms with Crippen LogP contribution in [-0.4, -0.2) is 17.9 Å². The maximum absolute atomic E-state index is 11.4. The highest BCUT2D eigenvalue weighted by Crippen LogP contribution is 2.43. The monoisotopic (exact) mass is 262 g/mol. The first-order chi connectivity index (χ1) is 9.16. The molecule has 19 heavy (non-hydrogen) atoms. The molecule has 1 fully saturated rings. The minimum atomic E-state index is -0.679. The number of fused-ring (bicyclic) bond motifs is 1. The van der Waals surface area contributed by atoms with Crippen molar-refractivity contribution in [2.75, 3.05) is 6.79 Å². The molecule has 1 aliphatic carbocycles. The van der Waals surface area contributed by atoms with Crippen LogP contribution in [-0.2, 0) is 4.79 Å². The predicted molar refractivity (Wildman–Crippen MR) is 69.6 cm³/mol. The second kappa shape index (κ2) is 4.76. The molecule has 0 aromatic heterocycles. The molecule has 0 spiro atoms. The van der Waals surface area contributed by atoms with Gasteiger partial charge in [-0.15, -0.1) is 0 Å². The molecule has 1 aromatic rings. The molecule has 0 saturated heterocycles. The van der Waals surface area contributed by atoms with Crippen molar-refractivity contribution in [1.82, 2.24) is 0 Å². The Morgan fingerprint density at radius 1 is 1.21 bits per heavy atom. The van der Waals surface area contributed by atoms with Gasteiger partial charge in [-0.3, -0.25) is 4.79 Å². The van der Waals surface area contributed by atoms with E-state index in [0.717, 1.165) is 48.3 Å². The van der Waals surface area contributed by atoms with E-state index >= 15 is 0 Å². The van der Waals surface area contributed by atoms with Crippen molar-refractivity contribution in [1.29, 1.82) is 0 Å². The third-order valence-corrected chi connectivity index (χ3v) is 4.24. The number of aliphatic carboxylic acids is 1. The Labute approximate surface area is 112 Å². The molecule has 0 amide bonds. The highest BCUT2D eigenvalue weighted by atomic mass is 16.7. The van der Waals surface area contributed by atoms with Crippen molar-refractivity contribution < 1.29 is 19.4 Å². The van der Waals surface area contributed by atoms with Gasteiger partial charge in [0.1, 0.15) is 0 Å². The summed E-state index contributed by atoms with van der Waals surface area (Å²) in [5.74, 6) is 0.662. The molecule has 1 aliphatic heterocycles. The standard InChI is InChI=1S/C15H18O4/c1-9-6-13-14(19-8-18-13)7-12(9)10-4-2-3-5-11(10)15(16)17/h6-7,10-11H,2-5,8H2,1H3,(H,16,17). The minimum Gasteiger partial charge on any atom is -0.481 e. The van der Waals surface area contributed by atoms with Crippen LogP contribution in [0.15, 0.2) is 12.1 Å². The van der Waals surface area contributed by atoms with Gasteiger partial charge < -0.3 is 14.6 Å². The topological polar surface area (TPSA) is 55.8 Å². The summed E-state index contributed by atoms with van der Waals surface area (Å²) < 4.78 is 10.8. The Hall–Kier alpha value is -1.71. The molecule has 4 heteroatoms. The van der Waals surface area contributed by atoms with Gasteiger partial charge in [-0.2, -0.15) is 0 Å². The van der Waals surface area contributed by atoms with Gasteiger partial charge in [0.05, 0.1) is 5.92 Å². The summed E-state index contributed by atoms with van der Waals surface area (Å²) in [5.41, 5.74) is 2.21. The second-order valence-corrected chi connectivity index (χ2v) is 5.40. The molecule has 1 heterocycles. The normalized spacial score (nSPS) is 25.3. The van der Waals surface area contributed by atoms with Gasteiger partial charge in [-0.25, -0.2) is 0 Å². The zero-order valence-corrected chi connectivity index (χ0v) is 11.0. The van der Waals surface area contributed by atoms with E-state index in [0.29, 0.717) is 0 Å². The van der Waals surface area contributed by atoms with Crippen molar-refractivity contribution in [2.24, 2.45) is 5.92 Å². The number of carbonyl (C=O) groups is 1. The largest absolute Gasteiger partial charge is 0.481 e. The average Bonchev–Trinajstić information content (AvgIpc) is 2.84. The lowest BCUT2D eigenvalue weighted by molar-refractivity contribution is -0.143. The Balaban J connectivity index is 1.98. The fraction of sp³-hybridized carbons (Fsp3) is 0.533. The van der Waals surface area contributed by atoms with Crippen molar-refractivity contribution in [3.8, 4) is 11.5 Å². The van der Waals surface area contributed by atoms with Crippen molar-refractivity contribution in [3.05, 3.63) is 23.3 Å². The van der Waals surface area contributed by atoms with Gasteiger partial charge in [-0.05, 0) is 48.9 Å². The highest BCUT2D eigenvalue weighted by molar-refractivity contribution is 5.72. The van der Waals surface area contributed by atoms with E-state index in [-0.39, 0.29) is 18.6 Å². The SMILES string of the molecule is Cc1cc2c(cc1C1CCCCC1C(=O)O)OCO2. The molecule has 1 aromatic carbocycles. The summed E-state index contributed by atoms with van der Waals surface area (Å²) in [4.78, 5) is 11.4. The van der Waals surface area contributed by atoms with Crippen LogP contribution in [0, 0.1) is 12.8 Å². The summed E-state index contributed by atoms with van der Waals surface area (Å²) in [5, 5.41) is 9.40. The highest BCUT2D eigenvalue weighted by Gasteiger charge is 2.33. The first kappa shape index (κ1) is 12.3. The average molecular weight is 262 g/mol. The summed E-state index contributed by atoms with van der Waals surface area (Å²) in [7, 11) is 0. The van der Waals surface area contributed by atoms with E-state index in [2.05, 4.69) is 0 Å². The van der Waals surface area contributed by atoms with Crippen LogP contribution in [0.25, 0.3) is 0 Å². The molecule has 4 nitrogen and oxygen atoms in total. The third kappa shape index (κ3) is 2.15. The third-order valence-electron chi connectivity index (χ3n) is 4.24. The lowest BCUT2D eigenvalue weighted by atomic mass is 9.74. The molecule has 2 unspecified atom stereocenters. The van der Waals surface area contributed by atoms with Crippen LogP contribution in [0.5, 0.6) is 11.5 Å². The van der Waals surface area contributed by atoms with Crippen molar-refractivity contribution >= 4 is 5.97 Å². The van der Waals surface area contributed by atoms with Crippen molar-refractivity contribution in [3.63, 3.8) is 0 Å². The van der Waals surface area contributed by atoms with E-state index in [1.165, 1.54) is 0 Å². The van der Waals surface area contributed by atoms with Crippen LogP contribution >= 0.6 is 0 Å². The molecule has 0 radical (unpaired) electrons. The number of benzene rings is 1. The van der Waals surface area contributed by atoms with Gasteiger partial charge in [0.25, 0.3) is 0 Å². The van der Waals surface area contributed by atoms with Gasteiger partial charge in [0.15, 0.2) is 11.5 Å². The molecular weight excluding hydrogens is 244 g/mol. The van der Waals surface area contributed by atoms with E-state index in [1.54, 1.807) is 0 Å². The zero-order valence-electron chi connectivity index (χ0n) is 11.0. The molecule has 1 saturated carbocycles. The fourth-order valence-electron chi connectivity index (χ4n) is 3.26. The van der Waals surface area contributed by atoms with E-state index in [4.69, 9.17) is 9.47 Å². The Morgan fingerprint density at radius 3 is 2.63 bits per heavy atom. The first-order valence-electron chi connectivity index (χ1n) is 6.80. The number of ether oxygens (including phenoxy) is 2. The van der Waals surface area contributed by atoms with E-state index in [1.807, 2.05) is 19.1 Å². The quantitative estimate of drug-likeness (QED) is 0.889. The Kier molecular flexibility index (Phi) is 3.09. The number of rotatable bonds is 2. The van der Waals surface area contributed by atoms with Crippen LogP contribution < -0.4 is 9.47 Å². The van der Waals surface area contributed by atoms with E-state index < -0.39 is 5.97 Å². The molecule has 1 N–H and O–H groups in total. The van der Waals surface area contributed by atoms with Crippen molar-refractivity contribution in [2.45, 2.75) is 38.5 Å². The number of hydrogen-bond acceptors (Lipinski definition) is 3.